The van der Waals surface area contributed by atoms with Crippen LogP contribution in [0, 0.1) is 5.92 Å². The second-order valence-electron chi connectivity index (χ2n) is 4.93. The SMILES string of the molecule is COC(=O)C1CC(c2ccc(Cl)cc2)=NN(c2ccn[nH]2)C1=O. The van der Waals surface area contributed by atoms with Gasteiger partial charge in [-0.2, -0.15) is 15.2 Å². The van der Waals surface area contributed by atoms with Gasteiger partial charge in [0.25, 0.3) is 5.91 Å². The highest BCUT2D eigenvalue weighted by atomic mass is 35.5. The lowest BCUT2D eigenvalue weighted by Gasteiger charge is -2.27. The van der Waals surface area contributed by atoms with Gasteiger partial charge in [-0.25, -0.2) is 0 Å². The van der Waals surface area contributed by atoms with E-state index in [0.29, 0.717) is 16.6 Å². The van der Waals surface area contributed by atoms with Crippen molar-refractivity contribution in [3.63, 3.8) is 0 Å². The van der Waals surface area contributed by atoms with Crippen molar-refractivity contribution >= 4 is 35.0 Å². The van der Waals surface area contributed by atoms with Gasteiger partial charge in [0.05, 0.1) is 19.0 Å². The number of aromatic amines is 1. The number of rotatable bonds is 3. The van der Waals surface area contributed by atoms with Crippen molar-refractivity contribution in [1.82, 2.24) is 10.2 Å². The molecule has 2 aromatic rings. The van der Waals surface area contributed by atoms with E-state index in [1.54, 1.807) is 30.3 Å². The topological polar surface area (TPSA) is 87.7 Å². The molecule has 0 saturated heterocycles. The van der Waals surface area contributed by atoms with E-state index in [4.69, 9.17) is 16.3 Å². The van der Waals surface area contributed by atoms with Crippen LogP contribution < -0.4 is 5.01 Å². The Bertz CT molecular complexity index is 756. The molecule has 7 nitrogen and oxygen atoms in total. The lowest BCUT2D eigenvalue weighted by Crippen LogP contribution is -2.43. The number of methoxy groups -OCH3 is 1. The summed E-state index contributed by atoms with van der Waals surface area (Å²) in [5.41, 5.74) is 1.37. The molecule has 118 valence electrons. The van der Waals surface area contributed by atoms with Gasteiger partial charge in [0.2, 0.25) is 0 Å². The zero-order valence-electron chi connectivity index (χ0n) is 12.2. The average molecular weight is 333 g/mol. The van der Waals surface area contributed by atoms with Crippen molar-refractivity contribution in [3.05, 3.63) is 47.1 Å². The van der Waals surface area contributed by atoms with Crippen molar-refractivity contribution in [2.75, 3.05) is 12.1 Å². The summed E-state index contributed by atoms with van der Waals surface area (Å²) in [6.45, 7) is 0. The van der Waals surface area contributed by atoms with Crippen molar-refractivity contribution in [3.8, 4) is 0 Å². The van der Waals surface area contributed by atoms with Crippen LogP contribution in [0.5, 0.6) is 0 Å². The van der Waals surface area contributed by atoms with Gasteiger partial charge in [-0.3, -0.25) is 14.7 Å². The molecule has 1 aliphatic heterocycles. The van der Waals surface area contributed by atoms with E-state index in [1.165, 1.54) is 13.3 Å². The molecule has 23 heavy (non-hydrogen) atoms. The fraction of sp³-hybridized carbons (Fsp3) is 0.200. The lowest BCUT2D eigenvalue weighted by atomic mass is 9.95. The molecule has 0 radical (unpaired) electrons. The highest BCUT2D eigenvalue weighted by Crippen LogP contribution is 2.25. The number of halogens is 1. The minimum absolute atomic E-state index is 0.164. The van der Waals surface area contributed by atoms with Gasteiger partial charge in [-0.1, -0.05) is 23.7 Å². The predicted octanol–water partition coefficient (Wildman–Crippen LogP) is 1.99. The number of nitrogens with zero attached hydrogens (tertiary/aromatic N) is 3. The molecule has 8 heteroatoms. The molecule has 1 amide bonds. The molecule has 0 aliphatic carbocycles. The first-order chi connectivity index (χ1) is 11.1. The third-order valence-corrected chi connectivity index (χ3v) is 3.75. The molecule has 0 fully saturated rings. The number of H-pyrrole nitrogens is 1. The molecule has 0 bridgehead atoms. The molecule has 0 saturated carbocycles. The Morgan fingerprint density at radius 3 is 2.70 bits per heavy atom. The monoisotopic (exact) mass is 332 g/mol. The van der Waals surface area contributed by atoms with E-state index in [2.05, 4.69) is 15.3 Å². The summed E-state index contributed by atoms with van der Waals surface area (Å²) in [5.74, 6) is -1.62. The van der Waals surface area contributed by atoms with Gasteiger partial charge in [-0.15, -0.1) is 0 Å². The summed E-state index contributed by atoms with van der Waals surface area (Å²) >= 11 is 5.89. The fourth-order valence-electron chi connectivity index (χ4n) is 2.32. The van der Waals surface area contributed by atoms with Crippen LogP contribution in [0.2, 0.25) is 5.02 Å². The molecule has 1 aromatic heterocycles. The number of hydrazone groups is 1. The quantitative estimate of drug-likeness (QED) is 0.687. The molecule has 1 atom stereocenters. The number of anilines is 1. The Balaban J connectivity index is 2.03. The Labute approximate surface area is 136 Å². The summed E-state index contributed by atoms with van der Waals surface area (Å²) in [4.78, 5) is 24.5. The first-order valence-electron chi connectivity index (χ1n) is 6.84. The van der Waals surface area contributed by atoms with Gasteiger partial charge in [-0.05, 0) is 17.7 Å². The zero-order valence-corrected chi connectivity index (χ0v) is 12.9. The van der Waals surface area contributed by atoms with E-state index in [1.807, 2.05) is 0 Å². The Hall–Kier alpha value is -2.67. The summed E-state index contributed by atoms with van der Waals surface area (Å²) in [7, 11) is 1.25. The maximum Gasteiger partial charge on any atom is 0.318 e. The number of benzene rings is 1. The molecule has 1 aromatic carbocycles. The van der Waals surface area contributed by atoms with Crippen LogP contribution in [0.3, 0.4) is 0 Å². The number of amides is 1. The number of ether oxygens (including phenoxy) is 1. The third-order valence-electron chi connectivity index (χ3n) is 3.50. The average Bonchev–Trinajstić information content (AvgIpc) is 3.09. The second-order valence-corrected chi connectivity index (χ2v) is 5.36. The molecular weight excluding hydrogens is 320 g/mol. The van der Waals surface area contributed by atoms with Crippen molar-refractivity contribution in [1.29, 1.82) is 0 Å². The first kappa shape index (κ1) is 15.2. The Morgan fingerprint density at radius 1 is 1.35 bits per heavy atom. The highest BCUT2D eigenvalue weighted by molar-refractivity contribution is 6.30. The van der Waals surface area contributed by atoms with Crippen LogP contribution in [-0.4, -0.2) is 34.9 Å². The Kier molecular flexibility index (Phi) is 4.12. The molecule has 3 rings (SSSR count). The molecule has 1 N–H and O–H groups in total. The summed E-state index contributed by atoms with van der Waals surface area (Å²) in [5, 5.41) is 12.6. The number of aromatic nitrogens is 2. The lowest BCUT2D eigenvalue weighted by molar-refractivity contribution is -0.149. The summed E-state index contributed by atoms with van der Waals surface area (Å²) in [6.07, 6.45) is 1.67. The van der Waals surface area contributed by atoms with Crippen LogP contribution >= 0.6 is 11.6 Å². The second kappa shape index (κ2) is 6.21. The van der Waals surface area contributed by atoms with Crippen LogP contribution in [0.15, 0.2) is 41.6 Å². The highest BCUT2D eigenvalue weighted by Gasteiger charge is 2.38. The number of esters is 1. The van der Waals surface area contributed by atoms with Gasteiger partial charge in [0.1, 0.15) is 5.92 Å². The number of carbonyl (C=O) groups is 2. The Morgan fingerprint density at radius 2 is 2.09 bits per heavy atom. The van der Waals surface area contributed by atoms with E-state index < -0.39 is 17.8 Å². The van der Waals surface area contributed by atoms with Gasteiger partial charge < -0.3 is 4.74 Å². The number of carbonyl (C=O) groups excluding carboxylic acids is 2. The molecular formula is C15H13ClN4O3. The largest absolute Gasteiger partial charge is 0.468 e. The number of nitrogens with one attached hydrogen (secondary N) is 1. The van der Waals surface area contributed by atoms with E-state index in [0.717, 1.165) is 10.6 Å². The fourth-order valence-corrected chi connectivity index (χ4v) is 2.45. The maximum atomic E-state index is 12.5. The molecule has 2 heterocycles. The van der Waals surface area contributed by atoms with Crippen LogP contribution in [0.25, 0.3) is 0 Å². The van der Waals surface area contributed by atoms with Crippen molar-refractivity contribution in [2.45, 2.75) is 6.42 Å². The minimum Gasteiger partial charge on any atom is -0.468 e. The minimum atomic E-state index is -0.952. The molecule has 0 spiro atoms. The summed E-state index contributed by atoms with van der Waals surface area (Å²) < 4.78 is 4.74. The van der Waals surface area contributed by atoms with Crippen LogP contribution in [-0.2, 0) is 14.3 Å². The van der Waals surface area contributed by atoms with Gasteiger partial charge >= 0.3 is 5.97 Å². The molecule has 1 aliphatic rings. The number of hydrogen-bond acceptors (Lipinski definition) is 5. The standard InChI is InChI=1S/C15H13ClN4O3/c1-23-15(22)11-8-12(9-2-4-10(16)5-3-9)19-20(14(11)21)13-6-7-17-18-13/h2-7,11H,8H2,1H3,(H,17,18). The van der Waals surface area contributed by atoms with Gasteiger partial charge in [0.15, 0.2) is 5.82 Å². The van der Waals surface area contributed by atoms with E-state index in [-0.39, 0.29) is 6.42 Å². The predicted molar refractivity (Wildman–Crippen MR) is 84.2 cm³/mol. The van der Waals surface area contributed by atoms with Gasteiger partial charge in [0, 0.05) is 17.5 Å². The van der Waals surface area contributed by atoms with Crippen molar-refractivity contribution < 1.29 is 14.3 Å². The number of hydrogen-bond donors (Lipinski definition) is 1. The van der Waals surface area contributed by atoms with Crippen LogP contribution in [0.4, 0.5) is 5.82 Å². The third kappa shape index (κ3) is 2.95. The molecule has 1 unspecified atom stereocenters. The van der Waals surface area contributed by atoms with E-state index >= 15 is 0 Å². The maximum absolute atomic E-state index is 12.5. The first-order valence-corrected chi connectivity index (χ1v) is 7.22. The zero-order chi connectivity index (χ0) is 16.4. The summed E-state index contributed by atoms with van der Waals surface area (Å²) in [6, 6.07) is 8.63. The van der Waals surface area contributed by atoms with Crippen molar-refractivity contribution in [2.24, 2.45) is 11.0 Å². The van der Waals surface area contributed by atoms with E-state index in [9.17, 15) is 9.59 Å². The smallest absolute Gasteiger partial charge is 0.318 e. The van der Waals surface area contributed by atoms with Crippen LogP contribution in [0.1, 0.15) is 12.0 Å². The normalized spacial score (nSPS) is 17.8.